The molecule has 0 aromatic carbocycles. The van der Waals surface area contributed by atoms with Crippen LogP contribution in [-0.4, -0.2) is 25.2 Å². The van der Waals surface area contributed by atoms with Crippen LogP contribution < -0.4 is 0 Å². The highest BCUT2D eigenvalue weighted by molar-refractivity contribution is 5.86. The summed E-state index contributed by atoms with van der Waals surface area (Å²) in [6.07, 6.45) is 4.28. The third kappa shape index (κ3) is 2.72. The fourth-order valence-electron chi connectivity index (χ4n) is 2.25. The Morgan fingerprint density at radius 1 is 1.33 bits per heavy atom. The molecule has 0 saturated heterocycles. The molecule has 0 amide bonds. The van der Waals surface area contributed by atoms with E-state index in [2.05, 4.69) is 0 Å². The third-order valence-electron chi connectivity index (χ3n) is 3.19. The van der Waals surface area contributed by atoms with Gasteiger partial charge in [-0.3, -0.25) is 4.79 Å². The van der Waals surface area contributed by atoms with Crippen molar-refractivity contribution in [1.82, 2.24) is 0 Å². The summed E-state index contributed by atoms with van der Waals surface area (Å²) < 4.78 is 15.0. The Hall–Kier alpha value is -1.78. The number of carbonyl (C=O) groups excluding carboxylic acids is 2. The van der Waals surface area contributed by atoms with Gasteiger partial charge in [0.2, 0.25) is 5.76 Å². The Balaban J connectivity index is 2.01. The Morgan fingerprint density at radius 3 is 2.78 bits per heavy atom. The molecule has 18 heavy (non-hydrogen) atoms. The maximum absolute atomic E-state index is 11.8. The molecule has 5 heteroatoms. The zero-order valence-corrected chi connectivity index (χ0v) is 10.3. The molecule has 2 rings (SSSR count). The van der Waals surface area contributed by atoms with E-state index in [4.69, 9.17) is 13.9 Å². The van der Waals surface area contributed by atoms with Crippen LogP contribution in [-0.2, 0) is 14.3 Å². The second-order valence-corrected chi connectivity index (χ2v) is 4.34. The van der Waals surface area contributed by atoms with E-state index in [1.54, 1.807) is 6.07 Å². The predicted octanol–water partition coefficient (Wildman–Crippen LogP) is 2.17. The van der Waals surface area contributed by atoms with E-state index in [9.17, 15) is 9.59 Å². The van der Waals surface area contributed by atoms with Crippen molar-refractivity contribution in [1.29, 1.82) is 0 Å². The summed E-state index contributed by atoms with van der Waals surface area (Å²) in [5.74, 6) is -1.04. The molecule has 0 aliphatic heterocycles. The van der Waals surface area contributed by atoms with Gasteiger partial charge < -0.3 is 13.9 Å². The molecule has 1 saturated carbocycles. The van der Waals surface area contributed by atoms with Crippen molar-refractivity contribution in [2.75, 3.05) is 7.11 Å². The van der Waals surface area contributed by atoms with E-state index in [1.807, 2.05) is 0 Å². The van der Waals surface area contributed by atoms with Crippen LogP contribution in [0.15, 0.2) is 22.8 Å². The van der Waals surface area contributed by atoms with E-state index in [-0.39, 0.29) is 17.6 Å². The van der Waals surface area contributed by atoms with Gasteiger partial charge in [0, 0.05) is 0 Å². The van der Waals surface area contributed by atoms with Gasteiger partial charge in [0.05, 0.1) is 19.3 Å². The molecular weight excluding hydrogens is 236 g/mol. The lowest BCUT2D eigenvalue weighted by Crippen LogP contribution is -2.35. The number of furan rings is 1. The first-order valence-corrected chi connectivity index (χ1v) is 6.04. The number of hydrogen-bond donors (Lipinski definition) is 0. The van der Waals surface area contributed by atoms with Crippen LogP contribution >= 0.6 is 0 Å². The van der Waals surface area contributed by atoms with Crippen LogP contribution in [0.2, 0.25) is 0 Å². The minimum absolute atomic E-state index is 0.157. The molecule has 0 radical (unpaired) electrons. The van der Waals surface area contributed by atoms with E-state index in [1.165, 1.54) is 19.4 Å². The van der Waals surface area contributed by atoms with E-state index in [0.29, 0.717) is 12.8 Å². The second kappa shape index (κ2) is 5.71. The van der Waals surface area contributed by atoms with Crippen molar-refractivity contribution in [3.05, 3.63) is 24.2 Å². The Morgan fingerprint density at radius 2 is 2.11 bits per heavy atom. The summed E-state index contributed by atoms with van der Waals surface area (Å²) in [5, 5.41) is 0. The summed E-state index contributed by atoms with van der Waals surface area (Å²) in [6, 6.07) is 3.16. The largest absolute Gasteiger partial charge is 0.469 e. The minimum Gasteiger partial charge on any atom is -0.469 e. The smallest absolute Gasteiger partial charge is 0.374 e. The van der Waals surface area contributed by atoms with Crippen molar-refractivity contribution in [3.8, 4) is 0 Å². The fourth-order valence-corrected chi connectivity index (χ4v) is 2.25. The molecule has 0 N–H and O–H groups in total. The molecule has 1 fully saturated rings. The van der Waals surface area contributed by atoms with Crippen LogP contribution in [0.5, 0.6) is 0 Å². The lowest BCUT2D eigenvalue weighted by molar-refractivity contribution is -0.151. The number of carbonyl (C=O) groups is 2. The van der Waals surface area contributed by atoms with Crippen LogP contribution in [0, 0.1) is 5.92 Å². The van der Waals surface area contributed by atoms with Gasteiger partial charge >= 0.3 is 11.9 Å². The maximum Gasteiger partial charge on any atom is 0.374 e. The summed E-state index contributed by atoms with van der Waals surface area (Å²) in [6.45, 7) is 0. The van der Waals surface area contributed by atoms with E-state index < -0.39 is 12.1 Å². The first-order valence-electron chi connectivity index (χ1n) is 6.04. The second-order valence-electron chi connectivity index (χ2n) is 4.34. The van der Waals surface area contributed by atoms with Crippen molar-refractivity contribution in [2.24, 2.45) is 5.92 Å². The topological polar surface area (TPSA) is 65.7 Å². The molecule has 1 aromatic rings. The van der Waals surface area contributed by atoms with Crippen LogP contribution in [0.3, 0.4) is 0 Å². The minimum atomic E-state index is -0.527. The average Bonchev–Trinajstić information content (AvgIpc) is 2.92. The number of rotatable bonds is 3. The van der Waals surface area contributed by atoms with Crippen molar-refractivity contribution in [3.63, 3.8) is 0 Å². The monoisotopic (exact) mass is 252 g/mol. The molecule has 2 atom stereocenters. The number of methoxy groups -OCH3 is 1. The van der Waals surface area contributed by atoms with E-state index in [0.717, 1.165) is 12.8 Å². The lowest BCUT2D eigenvalue weighted by atomic mass is 9.86. The lowest BCUT2D eigenvalue weighted by Gasteiger charge is -2.28. The van der Waals surface area contributed by atoms with Gasteiger partial charge in [-0.2, -0.15) is 0 Å². The van der Waals surface area contributed by atoms with E-state index >= 15 is 0 Å². The summed E-state index contributed by atoms with van der Waals surface area (Å²) in [5.41, 5.74) is 0. The van der Waals surface area contributed by atoms with Gasteiger partial charge in [-0.15, -0.1) is 0 Å². The molecule has 0 spiro atoms. The highest BCUT2D eigenvalue weighted by Crippen LogP contribution is 2.28. The highest BCUT2D eigenvalue weighted by Gasteiger charge is 2.35. The average molecular weight is 252 g/mol. The van der Waals surface area contributed by atoms with Crippen molar-refractivity contribution >= 4 is 11.9 Å². The zero-order chi connectivity index (χ0) is 13.0. The highest BCUT2D eigenvalue weighted by atomic mass is 16.6. The normalized spacial score (nSPS) is 23.4. The van der Waals surface area contributed by atoms with Gasteiger partial charge in [0.15, 0.2) is 0 Å². The predicted molar refractivity (Wildman–Crippen MR) is 61.9 cm³/mol. The Labute approximate surface area is 105 Å². The van der Waals surface area contributed by atoms with Gasteiger partial charge in [0.25, 0.3) is 0 Å². The molecule has 98 valence electrons. The first-order chi connectivity index (χ1) is 8.72. The van der Waals surface area contributed by atoms with Crippen LogP contribution in [0.25, 0.3) is 0 Å². The van der Waals surface area contributed by atoms with Crippen molar-refractivity contribution < 1.29 is 23.5 Å². The zero-order valence-electron chi connectivity index (χ0n) is 10.3. The molecule has 1 heterocycles. The summed E-state index contributed by atoms with van der Waals surface area (Å²) >= 11 is 0. The summed E-state index contributed by atoms with van der Waals surface area (Å²) in [4.78, 5) is 23.4. The number of hydrogen-bond acceptors (Lipinski definition) is 5. The molecular formula is C13H16O5. The molecule has 0 unspecified atom stereocenters. The Bertz CT molecular complexity index is 409. The molecule has 1 aliphatic rings. The van der Waals surface area contributed by atoms with Gasteiger partial charge in [0.1, 0.15) is 6.10 Å². The SMILES string of the molecule is COC(=O)[C@@H]1CCCC[C@H]1OC(=O)c1ccco1. The van der Waals surface area contributed by atoms with Crippen LogP contribution in [0.1, 0.15) is 36.2 Å². The van der Waals surface area contributed by atoms with Crippen LogP contribution in [0.4, 0.5) is 0 Å². The van der Waals surface area contributed by atoms with Gasteiger partial charge in [-0.05, 0) is 31.4 Å². The molecule has 1 aromatic heterocycles. The van der Waals surface area contributed by atoms with Gasteiger partial charge in [-0.25, -0.2) is 4.79 Å². The molecule has 0 bridgehead atoms. The fraction of sp³-hybridized carbons (Fsp3) is 0.538. The van der Waals surface area contributed by atoms with Gasteiger partial charge in [-0.1, -0.05) is 6.42 Å². The number of esters is 2. The molecule has 1 aliphatic carbocycles. The Kier molecular flexibility index (Phi) is 4.02. The molecule has 5 nitrogen and oxygen atoms in total. The maximum atomic E-state index is 11.8. The third-order valence-corrected chi connectivity index (χ3v) is 3.19. The summed E-state index contributed by atoms with van der Waals surface area (Å²) in [7, 11) is 1.35. The number of ether oxygens (including phenoxy) is 2. The first kappa shape index (κ1) is 12.7. The standard InChI is InChI=1S/C13H16O5/c1-16-12(14)9-5-2-3-6-10(9)18-13(15)11-7-4-8-17-11/h4,7-10H,2-3,5-6H2,1H3/t9-,10-/m1/s1. The van der Waals surface area contributed by atoms with Crippen molar-refractivity contribution in [2.45, 2.75) is 31.8 Å². The quantitative estimate of drug-likeness (QED) is 0.771.